The topological polar surface area (TPSA) is 152 Å². The summed E-state index contributed by atoms with van der Waals surface area (Å²) in [7, 11) is 0. The van der Waals surface area contributed by atoms with Crippen molar-refractivity contribution in [2.75, 3.05) is 19.8 Å². The Hall–Kier alpha value is -1.82. The molecule has 6 atom stereocenters. The van der Waals surface area contributed by atoms with Crippen LogP contribution < -0.4 is 0 Å². The zero-order chi connectivity index (χ0) is 42.3. The third-order valence-electron chi connectivity index (χ3n) is 11.1. The normalized spacial score (nSPS) is 20.3. The maximum atomic E-state index is 12.8. The first kappa shape index (κ1) is 54.2. The first-order valence-corrected chi connectivity index (χ1v) is 23.9. The largest absolute Gasteiger partial charge is 0.462 e. The van der Waals surface area contributed by atoms with Crippen LogP contribution in [0.3, 0.4) is 0 Å². The van der Waals surface area contributed by atoms with Gasteiger partial charge in [-0.05, 0) is 38.5 Å². The molecule has 0 saturated carbocycles. The Morgan fingerprint density at radius 2 is 0.948 bits per heavy atom. The number of ether oxygens (including phenoxy) is 4. The molecule has 0 aromatic heterocycles. The maximum Gasteiger partial charge on any atom is 0.306 e. The molecule has 340 valence electrons. The number of aliphatic hydroxyl groups is 4. The summed E-state index contributed by atoms with van der Waals surface area (Å²) >= 11 is 0. The van der Waals surface area contributed by atoms with Gasteiger partial charge in [-0.25, -0.2) is 0 Å². The minimum absolute atomic E-state index is 0.215. The van der Waals surface area contributed by atoms with Gasteiger partial charge in [0, 0.05) is 12.8 Å². The monoisotopic (exact) mass is 825 g/mol. The smallest absolute Gasteiger partial charge is 0.306 e. The molecule has 0 aromatic carbocycles. The Balaban J connectivity index is 2.29. The summed E-state index contributed by atoms with van der Waals surface area (Å²) in [6.45, 7) is 3.41. The quantitative estimate of drug-likeness (QED) is 0.0267. The van der Waals surface area contributed by atoms with Gasteiger partial charge in [0.15, 0.2) is 12.4 Å². The average molecular weight is 825 g/mol. The first-order chi connectivity index (χ1) is 28.3. The van der Waals surface area contributed by atoms with Crippen LogP contribution in [0, 0.1) is 0 Å². The van der Waals surface area contributed by atoms with Crippen molar-refractivity contribution in [1.82, 2.24) is 0 Å². The van der Waals surface area contributed by atoms with E-state index in [0.29, 0.717) is 6.42 Å². The highest BCUT2D eigenvalue weighted by Crippen LogP contribution is 2.23. The highest BCUT2D eigenvalue weighted by Gasteiger charge is 2.44. The van der Waals surface area contributed by atoms with E-state index in [9.17, 15) is 30.0 Å². The van der Waals surface area contributed by atoms with Crippen molar-refractivity contribution >= 4 is 11.9 Å². The molecule has 1 fully saturated rings. The van der Waals surface area contributed by atoms with E-state index < -0.39 is 49.4 Å². The second-order valence-electron chi connectivity index (χ2n) is 16.6. The van der Waals surface area contributed by atoms with Crippen molar-refractivity contribution in [3.8, 4) is 0 Å². The van der Waals surface area contributed by atoms with Crippen LogP contribution in [0.15, 0.2) is 24.3 Å². The van der Waals surface area contributed by atoms with Crippen LogP contribution in [0.2, 0.25) is 0 Å². The lowest BCUT2D eigenvalue weighted by atomic mass is 9.99. The van der Waals surface area contributed by atoms with Gasteiger partial charge in [-0.3, -0.25) is 9.59 Å². The van der Waals surface area contributed by atoms with E-state index in [4.69, 9.17) is 18.9 Å². The van der Waals surface area contributed by atoms with Crippen LogP contribution in [0.5, 0.6) is 0 Å². The third-order valence-corrected chi connectivity index (χ3v) is 11.1. The Morgan fingerprint density at radius 1 is 0.534 bits per heavy atom. The number of aliphatic hydroxyl groups excluding tert-OH is 4. The van der Waals surface area contributed by atoms with E-state index >= 15 is 0 Å². The number of allylic oxidation sites excluding steroid dienone is 4. The van der Waals surface area contributed by atoms with Crippen molar-refractivity contribution in [1.29, 1.82) is 0 Å². The molecule has 0 aliphatic carbocycles. The van der Waals surface area contributed by atoms with Crippen molar-refractivity contribution in [3.05, 3.63) is 24.3 Å². The molecule has 4 N–H and O–H groups in total. The summed E-state index contributed by atoms with van der Waals surface area (Å²) in [4.78, 5) is 25.4. The van der Waals surface area contributed by atoms with Crippen molar-refractivity contribution < 1.29 is 49.0 Å². The lowest BCUT2D eigenvalue weighted by Crippen LogP contribution is -2.59. The van der Waals surface area contributed by atoms with Crippen LogP contribution >= 0.6 is 0 Å². The molecule has 0 bridgehead atoms. The number of hydrogen-bond acceptors (Lipinski definition) is 10. The zero-order valence-corrected chi connectivity index (χ0v) is 37.1. The van der Waals surface area contributed by atoms with Gasteiger partial charge in [0.25, 0.3) is 0 Å². The summed E-state index contributed by atoms with van der Waals surface area (Å²) < 4.78 is 22.2. The van der Waals surface area contributed by atoms with Gasteiger partial charge < -0.3 is 39.4 Å². The van der Waals surface area contributed by atoms with Crippen LogP contribution in [-0.4, -0.2) is 89.0 Å². The summed E-state index contributed by atoms with van der Waals surface area (Å²) in [5.74, 6) is -0.815. The fraction of sp³-hybridized carbons (Fsp3) is 0.875. The Bertz CT molecular complexity index is 1000. The highest BCUT2D eigenvalue weighted by atomic mass is 16.7. The molecular weight excluding hydrogens is 737 g/mol. The Kier molecular flexibility index (Phi) is 36.7. The lowest BCUT2D eigenvalue weighted by molar-refractivity contribution is -0.305. The fourth-order valence-electron chi connectivity index (χ4n) is 7.30. The molecule has 1 heterocycles. The van der Waals surface area contributed by atoms with E-state index in [-0.39, 0.29) is 32.0 Å². The summed E-state index contributed by atoms with van der Waals surface area (Å²) in [6, 6.07) is 0. The third kappa shape index (κ3) is 30.2. The lowest BCUT2D eigenvalue weighted by Gasteiger charge is -2.39. The number of unbranched alkanes of at least 4 members (excludes halogenated alkanes) is 26. The number of rotatable bonds is 40. The van der Waals surface area contributed by atoms with E-state index in [2.05, 4.69) is 38.2 Å². The number of hydrogen-bond donors (Lipinski definition) is 4. The minimum Gasteiger partial charge on any atom is -0.462 e. The van der Waals surface area contributed by atoms with Gasteiger partial charge in [0.2, 0.25) is 0 Å². The number of carbonyl (C=O) groups excluding carboxylic acids is 2. The molecule has 1 saturated heterocycles. The molecule has 0 radical (unpaired) electrons. The first-order valence-electron chi connectivity index (χ1n) is 23.9. The standard InChI is InChI=1S/C48H88O10/c1-3-5-7-9-11-13-15-17-19-20-21-23-24-26-28-30-32-34-36-43(50)55-39-41(40-56-48-47(54)46(53)45(52)42(38-49)58-48)57-44(51)37-35-33-31-29-27-25-22-18-16-14-12-10-8-6-4-2/h14,16,18,22,41-42,45-49,52-54H,3-13,15,17,19-21,23-40H2,1-2H3/b16-14+,22-18+/t41-,42-,45+,46?,47?,48-/m0/s1. The molecule has 0 spiro atoms. The van der Waals surface area contributed by atoms with Crippen molar-refractivity contribution in [2.24, 2.45) is 0 Å². The highest BCUT2D eigenvalue weighted by molar-refractivity contribution is 5.70. The Morgan fingerprint density at radius 3 is 1.41 bits per heavy atom. The van der Waals surface area contributed by atoms with Gasteiger partial charge in [0.1, 0.15) is 31.0 Å². The van der Waals surface area contributed by atoms with Crippen molar-refractivity contribution in [2.45, 2.75) is 250 Å². The number of esters is 2. The van der Waals surface area contributed by atoms with E-state index in [0.717, 1.165) is 57.8 Å². The zero-order valence-electron chi connectivity index (χ0n) is 37.1. The predicted octanol–water partition coefficient (Wildman–Crippen LogP) is 10.5. The summed E-state index contributed by atoms with van der Waals surface area (Å²) in [6.07, 6.45) is 36.1. The van der Waals surface area contributed by atoms with Crippen LogP contribution in [0.4, 0.5) is 0 Å². The molecule has 58 heavy (non-hydrogen) atoms. The Labute approximate surface area is 353 Å². The second kappa shape index (κ2) is 39.3. The molecule has 10 heteroatoms. The van der Waals surface area contributed by atoms with Gasteiger partial charge in [-0.2, -0.15) is 0 Å². The summed E-state index contributed by atoms with van der Waals surface area (Å²) in [5, 5.41) is 40.1. The SMILES string of the molecule is CCCCCC/C=C/C=C/CCCCCCCC(=O)O[C@@H](COC(=O)CCCCCCCCCCCCCCCCCCCC)CO[C@H]1O[C@@H](CO)[C@@H](O)C(O)C1O. The minimum atomic E-state index is -1.60. The molecule has 2 unspecified atom stereocenters. The molecular formula is C48H88O10. The fourth-order valence-corrected chi connectivity index (χ4v) is 7.30. The van der Waals surface area contributed by atoms with Gasteiger partial charge >= 0.3 is 11.9 Å². The van der Waals surface area contributed by atoms with E-state index in [1.54, 1.807) is 0 Å². The molecule has 0 amide bonds. The predicted molar refractivity (Wildman–Crippen MR) is 233 cm³/mol. The van der Waals surface area contributed by atoms with Crippen molar-refractivity contribution in [3.63, 3.8) is 0 Å². The molecule has 1 aliphatic heterocycles. The molecule has 1 rings (SSSR count). The van der Waals surface area contributed by atoms with E-state index in [1.165, 1.54) is 122 Å². The van der Waals surface area contributed by atoms with E-state index in [1.807, 2.05) is 0 Å². The molecule has 0 aromatic rings. The van der Waals surface area contributed by atoms with Gasteiger partial charge in [0.05, 0.1) is 13.2 Å². The van der Waals surface area contributed by atoms with Crippen LogP contribution in [0.1, 0.15) is 213 Å². The second-order valence-corrected chi connectivity index (χ2v) is 16.6. The van der Waals surface area contributed by atoms with Crippen LogP contribution in [-0.2, 0) is 28.5 Å². The summed E-state index contributed by atoms with van der Waals surface area (Å²) in [5.41, 5.74) is 0. The number of carbonyl (C=O) groups is 2. The maximum absolute atomic E-state index is 12.8. The van der Waals surface area contributed by atoms with Crippen LogP contribution in [0.25, 0.3) is 0 Å². The van der Waals surface area contributed by atoms with Gasteiger partial charge in [-0.15, -0.1) is 0 Å². The van der Waals surface area contributed by atoms with Gasteiger partial charge in [-0.1, -0.05) is 186 Å². The molecule has 10 nitrogen and oxygen atoms in total. The molecule has 1 aliphatic rings. The average Bonchev–Trinajstić information content (AvgIpc) is 3.22.